The summed E-state index contributed by atoms with van der Waals surface area (Å²) >= 11 is 0. The molecule has 0 spiro atoms. The van der Waals surface area contributed by atoms with Crippen LogP contribution in [-0.2, 0) is 4.79 Å². The minimum atomic E-state index is -0.856. The van der Waals surface area contributed by atoms with Crippen LogP contribution in [0.2, 0.25) is 0 Å². The summed E-state index contributed by atoms with van der Waals surface area (Å²) in [6.07, 6.45) is -0.856. The number of amides is 2. The molecule has 0 aliphatic heterocycles. The Bertz CT molecular complexity index is 782. The third-order valence-corrected chi connectivity index (χ3v) is 3.46. The number of ether oxygens (including phenoxy) is 1. The number of nitriles is 1. The summed E-state index contributed by atoms with van der Waals surface area (Å²) in [4.78, 5) is 24.4. The van der Waals surface area contributed by atoms with Crippen molar-refractivity contribution in [3.8, 4) is 11.8 Å². The molecule has 0 bridgehead atoms. The molecule has 0 aliphatic carbocycles. The van der Waals surface area contributed by atoms with Crippen molar-refractivity contribution < 1.29 is 14.3 Å². The van der Waals surface area contributed by atoms with E-state index in [1.165, 1.54) is 0 Å². The molecule has 0 saturated carbocycles. The normalized spacial score (nSPS) is 11.3. The zero-order chi connectivity index (χ0) is 18.2. The predicted molar refractivity (Wildman–Crippen MR) is 92.5 cm³/mol. The quantitative estimate of drug-likeness (QED) is 0.820. The summed E-state index contributed by atoms with van der Waals surface area (Å²) in [5, 5.41) is 9.12. The lowest BCUT2D eigenvalue weighted by Crippen LogP contribution is -2.49. The fraction of sp³-hybridized carbons (Fsp3) is 0.211. The van der Waals surface area contributed by atoms with Crippen LogP contribution in [0, 0.1) is 17.2 Å². The Labute approximate surface area is 146 Å². The first-order valence-electron chi connectivity index (χ1n) is 7.84. The van der Waals surface area contributed by atoms with Gasteiger partial charge in [-0.25, -0.2) is 0 Å². The molecule has 2 N–H and O–H groups in total. The molecule has 1 unspecified atom stereocenters. The smallest absolute Gasteiger partial charge is 0.279 e. The van der Waals surface area contributed by atoms with Crippen molar-refractivity contribution >= 4 is 11.8 Å². The van der Waals surface area contributed by atoms with Crippen molar-refractivity contribution in [2.24, 2.45) is 5.92 Å². The molecule has 0 aromatic heterocycles. The molecule has 0 fully saturated rings. The number of carbonyl (C=O) groups is 2. The maximum atomic E-state index is 12.4. The van der Waals surface area contributed by atoms with Crippen LogP contribution in [0.15, 0.2) is 54.6 Å². The molecule has 0 aliphatic rings. The molecule has 2 amide bonds. The van der Waals surface area contributed by atoms with E-state index in [-0.39, 0.29) is 5.92 Å². The summed E-state index contributed by atoms with van der Waals surface area (Å²) in [6.45, 7) is 3.64. The molecule has 2 aromatic carbocycles. The third kappa shape index (κ3) is 4.82. The van der Waals surface area contributed by atoms with Crippen LogP contribution in [0.4, 0.5) is 0 Å². The highest BCUT2D eigenvalue weighted by atomic mass is 16.5. The molecule has 2 rings (SSSR count). The van der Waals surface area contributed by atoms with Crippen LogP contribution in [0.25, 0.3) is 0 Å². The second-order valence-corrected chi connectivity index (χ2v) is 5.70. The number of hydrogen-bond acceptors (Lipinski definition) is 4. The molecular formula is C19H19N3O3. The van der Waals surface area contributed by atoms with Gasteiger partial charge in [-0.15, -0.1) is 0 Å². The highest BCUT2D eigenvalue weighted by molar-refractivity contribution is 5.95. The van der Waals surface area contributed by atoms with Crippen molar-refractivity contribution in [1.29, 1.82) is 5.26 Å². The van der Waals surface area contributed by atoms with Gasteiger partial charge in [-0.3, -0.25) is 20.4 Å². The standard InChI is InChI=1S/C19H19N3O3/c1-13(2)17(25-16-11-7-6-10-15(16)12-20)19(24)22-21-18(23)14-8-4-3-5-9-14/h3-11,13,17H,1-2H3,(H,21,23)(H,22,24). The van der Waals surface area contributed by atoms with Gasteiger partial charge in [-0.05, 0) is 30.2 Å². The van der Waals surface area contributed by atoms with Gasteiger partial charge < -0.3 is 4.74 Å². The van der Waals surface area contributed by atoms with Crippen LogP contribution in [0.1, 0.15) is 29.8 Å². The molecule has 0 heterocycles. The fourth-order valence-electron chi connectivity index (χ4n) is 2.14. The zero-order valence-electron chi connectivity index (χ0n) is 14.0. The largest absolute Gasteiger partial charge is 0.479 e. The van der Waals surface area contributed by atoms with E-state index in [9.17, 15) is 9.59 Å². The van der Waals surface area contributed by atoms with Crippen molar-refractivity contribution in [1.82, 2.24) is 10.9 Å². The summed E-state index contributed by atoms with van der Waals surface area (Å²) < 4.78 is 5.71. The molecule has 0 saturated heterocycles. The number of para-hydroxylation sites is 1. The average molecular weight is 337 g/mol. The van der Waals surface area contributed by atoms with Crippen molar-refractivity contribution in [2.45, 2.75) is 20.0 Å². The van der Waals surface area contributed by atoms with Gasteiger partial charge in [0, 0.05) is 5.56 Å². The van der Waals surface area contributed by atoms with E-state index in [1.54, 1.807) is 54.6 Å². The van der Waals surface area contributed by atoms with E-state index < -0.39 is 17.9 Å². The Hall–Kier alpha value is -3.33. The van der Waals surface area contributed by atoms with Gasteiger partial charge >= 0.3 is 0 Å². The Morgan fingerprint density at radius 3 is 2.28 bits per heavy atom. The molecule has 128 valence electrons. The van der Waals surface area contributed by atoms with Gasteiger partial charge in [0.05, 0.1) is 5.56 Å². The van der Waals surface area contributed by atoms with E-state index in [0.717, 1.165) is 0 Å². The van der Waals surface area contributed by atoms with E-state index in [0.29, 0.717) is 16.9 Å². The lowest BCUT2D eigenvalue weighted by atomic mass is 10.1. The molecule has 6 heteroatoms. The van der Waals surface area contributed by atoms with E-state index in [2.05, 4.69) is 10.9 Å². The van der Waals surface area contributed by atoms with Gasteiger partial charge in [0.1, 0.15) is 11.8 Å². The fourth-order valence-corrected chi connectivity index (χ4v) is 2.14. The topological polar surface area (TPSA) is 91.2 Å². The van der Waals surface area contributed by atoms with Crippen LogP contribution in [0.5, 0.6) is 5.75 Å². The molecular weight excluding hydrogens is 318 g/mol. The third-order valence-electron chi connectivity index (χ3n) is 3.46. The maximum absolute atomic E-state index is 12.4. The second kappa shape index (κ2) is 8.50. The minimum Gasteiger partial charge on any atom is -0.479 e. The number of nitrogens with zero attached hydrogens (tertiary/aromatic N) is 1. The van der Waals surface area contributed by atoms with Gasteiger partial charge in [0.2, 0.25) is 0 Å². The summed E-state index contributed by atoms with van der Waals surface area (Å²) in [6, 6.07) is 17.2. The van der Waals surface area contributed by atoms with E-state index >= 15 is 0 Å². The summed E-state index contributed by atoms with van der Waals surface area (Å²) in [7, 11) is 0. The lowest BCUT2D eigenvalue weighted by Gasteiger charge is -2.22. The Morgan fingerprint density at radius 1 is 1.00 bits per heavy atom. The summed E-state index contributed by atoms with van der Waals surface area (Å²) in [5.74, 6) is -0.755. The number of nitrogens with one attached hydrogen (secondary N) is 2. The Kier molecular flexibility index (Phi) is 6.13. The van der Waals surface area contributed by atoms with Crippen LogP contribution >= 0.6 is 0 Å². The number of benzene rings is 2. The maximum Gasteiger partial charge on any atom is 0.279 e. The Balaban J connectivity index is 2.03. The van der Waals surface area contributed by atoms with Gasteiger partial charge in [-0.1, -0.05) is 44.2 Å². The number of hydrazine groups is 1. The predicted octanol–water partition coefficient (Wildman–Crippen LogP) is 2.42. The number of hydrogen-bond donors (Lipinski definition) is 2. The molecule has 1 atom stereocenters. The molecule has 0 radical (unpaired) electrons. The van der Waals surface area contributed by atoms with Crippen molar-refractivity contribution in [2.75, 3.05) is 0 Å². The van der Waals surface area contributed by atoms with E-state index in [1.807, 2.05) is 19.9 Å². The van der Waals surface area contributed by atoms with Crippen LogP contribution in [-0.4, -0.2) is 17.9 Å². The van der Waals surface area contributed by atoms with Crippen molar-refractivity contribution in [3.63, 3.8) is 0 Å². The first kappa shape index (κ1) is 18.0. The zero-order valence-corrected chi connectivity index (χ0v) is 14.0. The number of carbonyl (C=O) groups excluding carboxylic acids is 2. The summed E-state index contributed by atoms with van der Waals surface area (Å²) in [5.41, 5.74) is 5.51. The lowest BCUT2D eigenvalue weighted by molar-refractivity contribution is -0.130. The first-order chi connectivity index (χ1) is 12.0. The van der Waals surface area contributed by atoms with Gasteiger partial charge in [-0.2, -0.15) is 5.26 Å². The average Bonchev–Trinajstić information content (AvgIpc) is 2.64. The minimum absolute atomic E-state index is 0.166. The second-order valence-electron chi connectivity index (χ2n) is 5.70. The highest BCUT2D eigenvalue weighted by Crippen LogP contribution is 2.20. The van der Waals surface area contributed by atoms with E-state index in [4.69, 9.17) is 10.00 Å². The van der Waals surface area contributed by atoms with Crippen molar-refractivity contribution in [3.05, 3.63) is 65.7 Å². The number of rotatable bonds is 5. The molecule has 25 heavy (non-hydrogen) atoms. The first-order valence-corrected chi connectivity index (χ1v) is 7.84. The van der Waals surface area contributed by atoms with Crippen LogP contribution < -0.4 is 15.6 Å². The van der Waals surface area contributed by atoms with Crippen LogP contribution in [0.3, 0.4) is 0 Å². The molecule has 6 nitrogen and oxygen atoms in total. The van der Waals surface area contributed by atoms with Gasteiger partial charge in [0.15, 0.2) is 6.10 Å². The SMILES string of the molecule is CC(C)C(Oc1ccccc1C#N)C(=O)NNC(=O)c1ccccc1. The Morgan fingerprint density at radius 2 is 1.64 bits per heavy atom. The highest BCUT2D eigenvalue weighted by Gasteiger charge is 2.25. The van der Waals surface area contributed by atoms with Gasteiger partial charge in [0.25, 0.3) is 11.8 Å². The monoisotopic (exact) mass is 337 g/mol. The molecule has 2 aromatic rings.